The van der Waals surface area contributed by atoms with E-state index in [2.05, 4.69) is 61.2 Å². The van der Waals surface area contributed by atoms with E-state index in [0.717, 1.165) is 32.8 Å². The molecule has 68 heavy (non-hydrogen) atoms. The van der Waals surface area contributed by atoms with Gasteiger partial charge >= 0.3 is 0 Å². The monoisotopic (exact) mass is 960 g/mol. The molecule has 0 spiro atoms. The Kier molecular flexibility index (Phi) is 14.8. The summed E-state index contributed by atoms with van der Waals surface area (Å²) in [6.45, 7) is 18.3. The number of β-amino-alcohol motifs (C(OH)–C–C–N with tert-alkyl or cyclic N) is 1. The molecule has 1 saturated carbocycles. The number of likely N-dealkylation sites (tertiary alicyclic amines) is 1. The van der Waals surface area contributed by atoms with E-state index in [1.165, 1.54) is 4.90 Å². The number of nitrogens with one attached hydrogen (secondary N) is 2. The Morgan fingerprint density at radius 1 is 1.04 bits per heavy atom. The van der Waals surface area contributed by atoms with Crippen LogP contribution in [0.1, 0.15) is 119 Å². The lowest BCUT2D eigenvalue weighted by Gasteiger charge is -2.65. The summed E-state index contributed by atoms with van der Waals surface area (Å²) in [6.07, 6.45) is 0.0767. The molecule has 3 heterocycles. The molecule has 4 amide bonds. The van der Waals surface area contributed by atoms with Crippen molar-refractivity contribution in [2.45, 2.75) is 124 Å². The van der Waals surface area contributed by atoms with Crippen molar-refractivity contribution < 1.29 is 33.8 Å². The molecule has 4 atom stereocenters. The van der Waals surface area contributed by atoms with Gasteiger partial charge in [-0.15, -0.1) is 11.3 Å². The highest BCUT2D eigenvalue weighted by Gasteiger charge is 2.67. The van der Waals surface area contributed by atoms with Gasteiger partial charge in [0.2, 0.25) is 17.7 Å². The molecule has 13 nitrogen and oxygen atoms in total. The van der Waals surface area contributed by atoms with Crippen molar-refractivity contribution in [3.8, 4) is 34.1 Å². The number of hydrogen-bond donors (Lipinski definition) is 3. The van der Waals surface area contributed by atoms with Crippen LogP contribution in [0.25, 0.3) is 10.4 Å². The Bertz CT molecular complexity index is 2660. The lowest BCUT2D eigenvalue weighted by Crippen LogP contribution is -2.74. The fourth-order valence-electron chi connectivity index (χ4n) is 10.5. The van der Waals surface area contributed by atoms with Crippen LogP contribution in [0.15, 0.2) is 66.2 Å². The molecule has 0 bridgehead atoms. The first-order valence-corrected chi connectivity index (χ1v) is 24.3. The number of fused-ring (bicyclic) bond motifs is 1. The lowest BCUT2D eigenvalue weighted by molar-refractivity contribution is -0.199. The summed E-state index contributed by atoms with van der Waals surface area (Å²) in [5.74, 6) is 5.67. The number of amides is 4. The average Bonchev–Trinajstić information content (AvgIpc) is 3.99. The van der Waals surface area contributed by atoms with Crippen LogP contribution in [0.3, 0.4) is 0 Å². The molecule has 4 aromatic rings. The number of aryl methyl sites for hydroxylation is 1. The Balaban J connectivity index is 0.869. The number of carbonyl (C=O) groups is 4. The minimum absolute atomic E-state index is 0.0156. The molecule has 15 heteroatoms. The first-order valence-electron chi connectivity index (χ1n) is 23.1. The second-order valence-electron chi connectivity index (χ2n) is 20.4. The van der Waals surface area contributed by atoms with Crippen LogP contribution in [0.4, 0.5) is 0 Å². The van der Waals surface area contributed by atoms with Gasteiger partial charge in [0.25, 0.3) is 5.91 Å². The van der Waals surface area contributed by atoms with E-state index in [0.29, 0.717) is 41.3 Å². The fourth-order valence-corrected chi connectivity index (χ4v) is 11.5. The van der Waals surface area contributed by atoms with Crippen LogP contribution in [0, 0.1) is 46.3 Å². The molecule has 358 valence electrons. The normalized spacial score (nSPS) is 21.1. The van der Waals surface area contributed by atoms with Gasteiger partial charge in [-0.05, 0) is 72.7 Å². The molecule has 1 aromatic heterocycles. The van der Waals surface area contributed by atoms with Gasteiger partial charge in [0.05, 0.1) is 38.8 Å². The number of aliphatic hydroxyl groups excluding tert-OH is 1. The SMILES string of the molecule is Cc1ncsc1-c1ccc([C@H](C)NC(=O)[C@@H]2C[C@@H](O)CN2C(=O)[C@@H](NC(=O)COCCCC#Cc2ccc3c(c2)CN(C2C(C)(C)C(Oc4ccc(C#N)c(Cl)c4)C2(C)C)C3=O)C(C)(C)C)cc1. The number of rotatable bonds is 14. The largest absolute Gasteiger partial charge is 0.489 e. The third-order valence-electron chi connectivity index (χ3n) is 13.4. The molecule has 0 unspecified atom stereocenters. The van der Waals surface area contributed by atoms with Crippen LogP contribution < -0.4 is 15.4 Å². The van der Waals surface area contributed by atoms with Crippen molar-refractivity contribution in [2.24, 2.45) is 16.2 Å². The topological polar surface area (TPSA) is 174 Å². The van der Waals surface area contributed by atoms with Crippen molar-refractivity contribution in [3.63, 3.8) is 0 Å². The minimum atomic E-state index is -0.974. The number of benzene rings is 3. The summed E-state index contributed by atoms with van der Waals surface area (Å²) in [6, 6.07) is 18.4. The molecule has 2 fully saturated rings. The maximum absolute atomic E-state index is 14.1. The van der Waals surface area contributed by atoms with E-state index in [-0.39, 0.29) is 67.0 Å². The molecule has 7 rings (SSSR count). The third-order valence-corrected chi connectivity index (χ3v) is 14.7. The molecule has 3 aromatic carbocycles. The second kappa shape index (κ2) is 20.1. The predicted molar refractivity (Wildman–Crippen MR) is 262 cm³/mol. The van der Waals surface area contributed by atoms with Gasteiger partial charge in [0.1, 0.15) is 36.6 Å². The number of aliphatic hydroxyl groups is 1. The van der Waals surface area contributed by atoms with Gasteiger partial charge in [-0.1, -0.05) is 96.2 Å². The molecule has 3 aliphatic rings. The van der Waals surface area contributed by atoms with Crippen molar-refractivity contribution in [1.29, 1.82) is 5.26 Å². The van der Waals surface area contributed by atoms with E-state index in [9.17, 15) is 29.5 Å². The smallest absolute Gasteiger partial charge is 0.254 e. The maximum Gasteiger partial charge on any atom is 0.254 e. The number of carbonyl (C=O) groups excluding carboxylic acids is 4. The summed E-state index contributed by atoms with van der Waals surface area (Å²) < 4.78 is 12.2. The second-order valence-corrected chi connectivity index (χ2v) is 21.7. The van der Waals surface area contributed by atoms with E-state index in [4.69, 9.17) is 21.1 Å². The number of unbranched alkanes of at least 4 members (excludes halogenated alkanes) is 1. The van der Waals surface area contributed by atoms with Gasteiger partial charge in [-0.2, -0.15) is 5.26 Å². The standard InChI is InChI=1S/C53H61ClN6O7S/c1-31(34-15-17-35(18-16-34)44-32(2)56-30-68-44)57-46(63)42-24-38(61)28-59(42)48(65)45(51(3,4)5)58-43(62)29-66-22-12-10-11-13-33-14-21-40-37(23-33)27-60(47(40)64)49-52(6,7)50(53(49,8)9)67-39-20-19-36(26-55)41(54)25-39/h14-21,23,25,30-31,38,42,45,49-50,61H,10,12,22,24,27-29H2,1-9H3,(H,57,63)(H,58,62)/t31-,38+,42-,45+,49?,50?/m0/s1. The zero-order valence-corrected chi connectivity index (χ0v) is 41.8. The highest BCUT2D eigenvalue weighted by molar-refractivity contribution is 7.13. The van der Waals surface area contributed by atoms with Gasteiger partial charge in [-0.3, -0.25) is 19.2 Å². The van der Waals surface area contributed by atoms with E-state index in [1.54, 1.807) is 29.5 Å². The summed E-state index contributed by atoms with van der Waals surface area (Å²) in [5, 5.41) is 26.1. The average molecular weight is 962 g/mol. The first kappa shape index (κ1) is 50.1. The third kappa shape index (κ3) is 10.4. The number of thiazole rings is 1. The number of ether oxygens (including phenoxy) is 2. The lowest BCUT2D eigenvalue weighted by atomic mass is 9.49. The Morgan fingerprint density at radius 2 is 1.76 bits per heavy atom. The Labute approximate surface area is 408 Å². The van der Waals surface area contributed by atoms with E-state index < -0.39 is 35.4 Å². The van der Waals surface area contributed by atoms with E-state index in [1.807, 2.05) is 87.5 Å². The molecule has 1 saturated heterocycles. The van der Waals surface area contributed by atoms with Crippen LogP contribution in [0.2, 0.25) is 5.02 Å². The number of nitriles is 1. The van der Waals surface area contributed by atoms with Crippen molar-refractivity contribution >= 4 is 46.6 Å². The zero-order valence-electron chi connectivity index (χ0n) is 40.2. The molecule has 3 N–H and O–H groups in total. The highest BCUT2D eigenvalue weighted by Crippen LogP contribution is 2.59. The van der Waals surface area contributed by atoms with Gasteiger partial charge in [-0.25, -0.2) is 4.98 Å². The van der Waals surface area contributed by atoms with Crippen LogP contribution in [0.5, 0.6) is 5.75 Å². The van der Waals surface area contributed by atoms with E-state index >= 15 is 0 Å². The number of halogens is 1. The summed E-state index contributed by atoms with van der Waals surface area (Å²) in [7, 11) is 0. The van der Waals surface area contributed by atoms with Gasteiger partial charge < -0.3 is 35.0 Å². The maximum atomic E-state index is 14.1. The summed E-state index contributed by atoms with van der Waals surface area (Å²) >= 11 is 7.86. The minimum Gasteiger partial charge on any atom is -0.489 e. The summed E-state index contributed by atoms with van der Waals surface area (Å²) in [4.78, 5) is 63.5. The first-order chi connectivity index (χ1) is 32.1. The van der Waals surface area contributed by atoms with Gasteiger partial charge in [0.15, 0.2) is 0 Å². The Morgan fingerprint density at radius 3 is 2.41 bits per heavy atom. The van der Waals surface area contributed by atoms with Crippen LogP contribution in [-0.4, -0.2) is 93.6 Å². The van der Waals surface area contributed by atoms with Crippen LogP contribution >= 0.6 is 22.9 Å². The molecular formula is C53H61ClN6O7S. The number of hydrogen-bond acceptors (Lipinski definition) is 10. The zero-order chi connectivity index (χ0) is 49.3. The van der Waals surface area contributed by atoms with Crippen molar-refractivity contribution in [2.75, 3.05) is 19.8 Å². The predicted octanol–water partition coefficient (Wildman–Crippen LogP) is 8.00. The quantitative estimate of drug-likeness (QED) is 0.0836. The van der Waals surface area contributed by atoms with Crippen LogP contribution in [-0.2, 0) is 25.7 Å². The fraction of sp³-hybridized carbons (Fsp3) is 0.472. The molecule has 2 aliphatic heterocycles. The number of nitrogens with zero attached hydrogens (tertiary/aromatic N) is 4. The van der Waals surface area contributed by atoms with Crippen molar-refractivity contribution in [3.05, 3.63) is 105 Å². The highest BCUT2D eigenvalue weighted by atomic mass is 35.5. The molecule has 0 radical (unpaired) electrons. The van der Waals surface area contributed by atoms with Gasteiger partial charge in [0, 0.05) is 66.6 Å². The van der Waals surface area contributed by atoms with Crippen molar-refractivity contribution in [1.82, 2.24) is 25.4 Å². The molecule has 1 aliphatic carbocycles. The Hall–Kier alpha value is -5.77. The summed E-state index contributed by atoms with van der Waals surface area (Å²) in [5.41, 5.74) is 6.02. The molecular weight excluding hydrogens is 900 g/mol. The number of aromatic nitrogens is 1.